The molecule has 1 aromatic heterocycles. The number of para-hydroxylation sites is 1. The molecule has 1 N–H and O–H groups in total. The number of aromatic nitrogens is 2. The monoisotopic (exact) mass is 418 g/mol. The molecule has 1 aliphatic heterocycles. The number of anilines is 1. The predicted octanol–water partition coefficient (Wildman–Crippen LogP) is 3.89. The SMILES string of the molecule is CNC(C)Cc1noc(C2CCCCC2C(=O)N2c3ccccc3CC2C)n1.Cl. The molecular formula is C22H31ClN4O2. The Kier molecular flexibility index (Phi) is 6.96. The van der Waals surface area contributed by atoms with E-state index < -0.39 is 0 Å². The van der Waals surface area contributed by atoms with Crippen molar-refractivity contribution in [1.82, 2.24) is 15.5 Å². The molecule has 0 spiro atoms. The third-order valence-electron chi connectivity index (χ3n) is 6.31. The molecule has 158 valence electrons. The standard InChI is InChI=1S/C22H30N4O2.ClH/c1-14(23-3)12-20-24-21(28-25-20)17-9-5-6-10-18(17)22(27)26-15(2)13-16-8-4-7-11-19(16)26;/h4,7-8,11,14-15,17-18,23H,5-6,9-10,12-13H2,1-3H3;1H. The van der Waals surface area contributed by atoms with Crippen molar-refractivity contribution in [1.29, 1.82) is 0 Å². The molecule has 6 nitrogen and oxygen atoms in total. The van der Waals surface area contributed by atoms with Gasteiger partial charge in [-0.2, -0.15) is 4.98 Å². The molecule has 4 atom stereocenters. The van der Waals surface area contributed by atoms with E-state index in [1.54, 1.807) is 0 Å². The lowest BCUT2D eigenvalue weighted by Crippen LogP contribution is -2.42. The van der Waals surface area contributed by atoms with Gasteiger partial charge in [0.25, 0.3) is 0 Å². The summed E-state index contributed by atoms with van der Waals surface area (Å²) >= 11 is 0. The number of benzene rings is 1. The maximum absolute atomic E-state index is 13.6. The molecule has 1 saturated carbocycles. The van der Waals surface area contributed by atoms with Crippen LogP contribution in [0.3, 0.4) is 0 Å². The van der Waals surface area contributed by atoms with Gasteiger partial charge in [-0.25, -0.2) is 0 Å². The van der Waals surface area contributed by atoms with Crippen LogP contribution in [0, 0.1) is 5.92 Å². The van der Waals surface area contributed by atoms with Gasteiger partial charge < -0.3 is 14.7 Å². The summed E-state index contributed by atoms with van der Waals surface area (Å²) in [6.07, 6.45) is 5.65. The van der Waals surface area contributed by atoms with Crippen LogP contribution in [0.15, 0.2) is 28.8 Å². The second kappa shape index (κ2) is 9.26. The average Bonchev–Trinajstić information content (AvgIpc) is 3.30. The fourth-order valence-corrected chi connectivity index (χ4v) is 4.68. The fraction of sp³-hybridized carbons (Fsp3) is 0.591. The minimum Gasteiger partial charge on any atom is -0.339 e. The molecule has 1 fully saturated rings. The highest BCUT2D eigenvalue weighted by Crippen LogP contribution is 2.41. The molecule has 1 aromatic carbocycles. The summed E-state index contributed by atoms with van der Waals surface area (Å²) in [5.74, 6) is 1.50. The van der Waals surface area contributed by atoms with Crippen molar-refractivity contribution in [2.75, 3.05) is 11.9 Å². The Balaban J connectivity index is 0.00000240. The van der Waals surface area contributed by atoms with Crippen molar-refractivity contribution >= 4 is 24.0 Å². The van der Waals surface area contributed by atoms with Gasteiger partial charge in [0.05, 0.1) is 11.8 Å². The van der Waals surface area contributed by atoms with Crippen molar-refractivity contribution in [2.24, 2.45) is 5.92 Å². The van der Waals surface area contributed by atoms with E-state index in [0.717, 1.165) is 44.2 Å². The maximum Gasteiger partial charge on any atom is 0.231 e. The van der Waals surface area contributed by atoms with Gasteiger partial charge >= 0.3 is 0 Å². The molecule has 1 aliphatic carbocycles. The zero-order valence-corrected chi connectivity index (χ0v) is 18.2. The van der Waals surface area contributed by atoms with Gasteiger partial charge in [0.2, 0.25) is 11.8 Å². The van der Waals surface area contributed by atoms with Gasteiger partial charge in [0, 0.05) is 24.2 Å². The third kappa shape index (κ3) is 4.33. The van der Waals surface area contributed by atoms with Crippen molar-refractivity contribution in [3.8, 4) is 0 Å². The van der Waals surface area contributed by atoms with E-state index in [1.807, 2.05) is 18.0 Å². The molecular weight excluding hydrogens is 388 g/mol. The maximum atomic E-state index is 13.6. The first-order chi connectivity index (χ1) is 13.6. The Bertz CT molecular complexity index is 840. The zero-order chi connectivity index (χ0) is 19.7. The van der Waals surface area contributed by atoms with E-state index in [1.165, 1.54) is 5.56 Å². The number of nitrogens with one attached hydrogen (secondary N) is 1. The Morgan fingerprint density at radius 2 is 2.07 bits per heavy atom. The van der Waals surface area contributed by atoms with Crippen LogP contribution in [-0.4, -0.2) is 35.2 Å². The van der Waals surface area contributed by atoms with E-state index in [2.05, 4.69) is 47.5 Å². The highest BCUT2D eigenvalue weighted by atomic mass is 35.5. The number of amides is 1. The molecule has 7 heteroatoms. The Labute approximate surface area is 178 Å². The summed E-state index contributed by atoms with van der Waals surface area (Å²) in [5, 5.41) is 7.37. The van der Waals surface area contributed by atoms with Crippen LogP contribution in [0.25, 0.3) is 0 Å². The summed E-state index contributed by atoms with van der Waals surface area (Å²) in [7, 11) is 1.93. The Morgan fingerprint density at radius 3 is 2.86 bits per heavy atom. The zero-order valence-electron chi connectivity index (χ0n) is 17.4. The molecule has 2 aliphatic rings. The Morgan fingerprint density at radius 1 is 1.31 bits per heavy atom. The summed E-state index contributed by atoms with van der Waals surface area (Å²) in [6.45, 7) is 4.23. The van der Waals surface area contributed by atoms with Crippen LogP contribution in [0.5, 0.6) is 0 Å². The number of likely N-dealkylation sites (N-methyl/N-ethyl adjacent to an activating group) is 1. The molecule has 4 unspecified atom stereocenters. The van der Waals surface area contributed by atoms with E-state index in [4.69, 9.17) is 4.52 Å². The van der Waals surface area contributed by atoms with Gasteiger partial charge in [-0.1, -0.05) is 36.2 Å². The number of halogens is 1. The third-order valence-corrected chi connectivity index (χ3v) is 6.31. The first kappa shape index (κ1) is 21.8. The minimum atomic E-state index is -0.0858. The Hall–Kier alpha value is -1.92. The highest BCUT2D eigenvalue weighted by Gasteiger charge is 2.41. The van der Waals surface area contributed by atoms with Crippen LogP contribution in [0.1, 0.15) is 62.7 Å². The molecule has 0 radical (unpaired) electrons. The molecule has 2 aromatic rings. The summed E-state index contributed by atoms with van der Waals surface area (Å²) in [5.41, 5.74) is 2.33. The van der Waals surface area contributed by atoms with Gasteiger partial charge in [-0.05, 0) is 51.8 Å². The number of carbonyl (C=O) groups is 1. The van der Waals surface area contributed by atoms with Crippen molar-refractivity contribution < 1.29 is 9.32 Å². The van der Waals surface area contributed by atoms with Crippen LogP contribution < -0.4 is 10.2 Å². The number of carbonyl (C=O) groups excluding carboxylic acids is 1. The van der Waals surface area contributed by atoms with Crippen LogP contribution in [0.2, 0.25) is 0 Å². The number of hydrogen-bond acceptors (Lipinski definition) is 5. The van der Waals surface area contributed by atoms with Gasteiger partial charge in [-0.3, -0.25) is 4.79 Å². The molecule has 4 rings (SSSR count). The fourth-order valence-electron chi connectivity index (χ4n) is 4.68. The highest BCUT2D eigenvalue weighted by molar-refractivity contribution is 5.98. The largest absolute Gasteiger partial charge is 0.339 e. The second-order valence-electron chi connectivity index (χ2n) is 8.33. The summed E-state index contributed by atoms with van der Waals surface area (Å²) in [6, 6.07) is 8.75. The molecule has 29 heavy (non-hydrogen) atoms. The lowest BCUT2D eigenvalue weighted by Gasteiger charge is -2.33. The summed E-state index contributed by atoms with van der Waals surface area (Å²) in [4.78, 5) is 20.3. The van der Waals surface area contributed by atoms with Crippen molar-refractivity contribution in [2.45, 2.75) is 70.4 Å². The first-order valence-corrected chi connectivity index (χ1v) is 10.5. The second-order valence-corrected chi connectivity index (χ2v) is 8.33. The minimum absolute atomic E-state index is 0. The lowest BCUT2D eigenvalue weighted by atomic mass is 9.78. The van der Waals surface area contributed by atoms with Crippen LogP contribution in [-0.2, 0) is 17.6 Å². The van der Waals surface area contributed by atoms with Gasteiger partial charge in [0.1, 0.15) is 0 Å². The van der Waals surface area contributed by atoms with E-state index in [0.29, 0.717) is 11.7 Å². The molecule has 0 bridgehead atoms. The smallest absolute Gasteiger partial charge is 0.231 e. The topological polar surface area (TPSA) is 71.3 Å². The lowest BCUT2D eigenvalue weighted by molar-refractivity contribution is -0.124. The van der Waals surface area contributed by atoms with Crippen molar-refractivity contribution in [3.63, 3.8) is 0 Å². The van der Waals surface area contributed by atoms with Gasteiger partial charge in [-0.15, -0.1) is 12.4 Å². The van der Waals surface area contributed by atoms with E-state index >= 15 is 0 Å². The number of fused-ring (bicyclic) bond motifs is 1. The van der Waals surface area contributed by atoms with Crippen LogP contribution >= 0.6 is 12.4 Å². The molecule has 1 amide bonds. The number of nitrogens with zero attached hydrogens (tertiary/aromatic N) is 3. The van der Waals surface area contributed by atoms with E-state index in [9.17, 15) is 4.79 Å². The summed E-state index contributed by atoms with van der Waals surface area (Å²) < 4.78 is 5.63. The number of rotatable bonds is 5. The predicted molar refractivity (Wildman–Crippen MR) is 116 cm³/mol. The normalized spacial score (nSPS) is 24.7. The number of hydrogen-bond donors (Lipinski definition) is 1. The quantitative estimate of drug-likeness (QED) is 0.797. The van der Waals surface area contributed by atoms with Crippen LogP contribution in [0.4, 0.5) is 5.69 Å². The van der Waals surface area contributed by atoms with Gasteiger partial charge in [0.15, 0.2) is 5.82 Å². The molecule has 0 saturated heterocycles. The molecule has 2 heterocycles. The van der Waals surface area contributed by atoms with Crippen molar-refractivity contribution in [3.05, 3.63) is 41.5 Å². The average molecular weight is 419 g/mol. The van der Waals surface area contributed by atoms with E-state index in [-0.39, 0.29) is 42.2 Å². The first-order valence-electron chi connectivity index (χ1n) is 10.5.